The van der Waals surface area contributed by atoms with Crippen LogP contribution in [-0.2, 0) is 9.59 Å². The number of urea groups is 1. The standard InChI is InChI=1S/C20H33N3O3/c1-13-9-19(4,5)12-20(10-13)17(25)22(18(26)21-20)11-16(24)23-14(2)7-6-8-15(23)3/h13-15H,6-12H2,1-5H3,(H,21,26). The van der Waals surface area contributed by atoms with Gasteiger partial charge >= 0.3 is 6.03 Å². The van der Waals surface area contributed by atoms with Crippen molar-refractivity contribution < 1.29 is 14.4 Å². The van der Waals surface area contributed by atoms with Crippen molar-refractivity contribution in [3.8, 4) is 0 Å². The van der Waals surface area contributed by atoms with E-state index >= 15 is 0 Å². The van der Waals surface area contributed by atoms with E-state index < -0.39 is 11.6 Å². The molecule has 0 aromatic rings. The molecule has 1 saturated carbocycles. The largest absolute Gasteiger partial charge is 0.336 e. The van der Waals surface area contributed by atoms with Crippen LogP contribution >= 0.6 is 0 Å². The third-order valence-corrected chi connectivity index (χ3v) is 6.40. The Hall–Kier alpha value is -1.59. The summed E-state index contributed by atoms with van der Waals surface area (Å²) in [5.74, 6) is 0.0296. The molecule has 0 aromatic carbocycles. The average molecular weight is 364 g/mol. The molecule has 4 amide bonds. The second-order valence-electron chi connectivity index (χ2n) is 9.69. The molecule has 146 valence electrons. The van der Waals surface area contributed by atoms with Gasteiger partial charge in [-0.2, -0.15) is 0 Å². The molecule has 3 aliphatic rings. The normalized spacial score (nSPS) is 37.2. The van der Waals surface area contributed by atoms with E-state index in [2.05, 4.69) is 26.1 Å². The molecule has 4 atom stereocenters. The van der Waals surface area contributed by atoms with Gasteiger partial charge < -0.3 is 10.2 Å². The Bertz CT molecular complexity index is 607. The molecule has 6 heteroatoms. The first kappa shape index (κ1) is 19.2. The molecule has 1 spiro atoms. The first-order chi connectivity index (χ1) is 12.0. The van der Waals surface area contributed by atoms with Gasteiger partial charge in [0.15, 0.2) is 0 Å². The highest BCUT2D eigenvalue weighted by molar-refractivity contribution is 6.09. The maximum Gasteiger partial charge on any atom is 0.325 e. The summed E-state index contributed by atoms with van der Waals surface area (Å²) in [6.07, 6.45) is 5.40. The first-order valence-electron chi connectivity index (χ1n) is 10.00. The predicted molar refractivity (Wildman–Crippen MR) is 99.4 cm³/mol. The molecule has 2 saturated heterocycles. The fourth-order valence-corrected chi connectivity index (χ4v) is 5.78. The van der Waals surface area contributed by atoms with E-state index in [9.17, 15) is 14.4 Å². The minimum atomic E-state index is -0.836. The Morgan fingerprint density at radius 1 is 1.12 bits per heavy atom. The van der Waals surface area contributed by atoms with Crippen LogP contribution in [0.25, 0.3) is 0 Å². The number of carbonyl (C=O) groups is 3. The second kappa shape index (κ2) is 6.54. The summed E-state index contributed by atoms with van der Waals surface area (Å²) in [6, 6.07) is -0.0882. The lowest BCUT2D eigenvalue weighted by Crippen LogP contribution is -2.55. The van der Waals surface area contributed by atoms with Gasteiger partial charge in [0.05, 0.1) is 0 Å². The van der Waals surface area contributed by atoms with Crippen molar-refractivity contribution in [3.05, 3.63) is 0 Å². The van der Waals surface area contributed by atoms with Gasteiger partial charge in [0.2, 0.25) is 5.91 Å². The van der Waals surface area contributed by atoms with Gasteiger partial charge in [0.1, 0.15) is 12.1 Å². The summed E-state index contributed by atoms with van der Waals surface area (Å²) in [6.45, 7) is 10.4. The Morgan fingerprint density at radius 2 is 1.73 bits per heavy atom. The summed E-state index contributed by atoms with van der Waals surface area (Å²) >= 11 is 0. The average Bonchev–Trinajstić information content (AvgIpc) is 2.68. The molecular formula is C20H33N3O3. The van der Waals surface area contributed by atoms with Gasteiger partial charge in [-0.05, 0) is 63.7 Å². The number of hydrogen-bond donors (Lipinski definition) is 1. The Balaban J connectivity index is 1.76. The number of amides is 4. The number of rotatable bonds is 2. The van der Waals surface area contributed by atoms with Crippen LogP contribution in [0.5, 0.6) is 0 Å². The number of likely N-dealkylation sites (tertiary alicyclic amines) is 1. The highest BCUT2D eigenvalue weighted by Gasteiger charge is 2.56. The number of carbonyl (C=O) groups excluding carboxylic acids is 3. The quantitative estimate of drug-likeness (QED) is 0.767. The molecule has 1 N–H and O–H groups in total. The Morgan fingerprint density at radius 3 is 2.31 bits per heavy atom. The first-order valence-corrected chi connectivity index (χ1v) is 10.00. The van der Waals surface area contributed by atoms with Crippen molar-refractivity contribution in [1.29, 1.82) is 0 Å². The molecule has 0 aromatic heterocycles. The van der Waals surface area contributed by atoms with Crippen LogP contribution in [0, 0.1) is 11.3 Å². The van der Waals surface area contributed by atoms with Crippen LogP contribution in [0.3, 0.4) is 0 Å². The summed E-state index contributed by atoms with van der Waals surface area (Å²) in [5, 5.41) is 2.95. The fourth-order valence-electron chi connectivity index (χ4n) is 5.78. The summed E-state index contributed by atoms with van der Waals surface area (Å²) in [7, 11) is 0. The Kier molecular flexibility index (Phi) is 4.82. The van der Waals surface area contributed by atoms with Crippen LogP contribution < -0.4 is 5.32 Å². The van der Waals surface area contributed by atoms with E-state index in [-0.39, 0.29) is 35.9 Å². The monoisotopic (exact) mass is 363 g/mol. The molecule has 2 aliphatic heterocycles. The van der Waals surface area contributed by atoms with Crippen molar-refractivity contribution in [2.45, 2.75) is 90.8 Å². The van der Waals surface area contributed by atoms with Crippen molar-refractivity contribution >= 4 is 17.8 Å². The van der Waals surface area contributed by atoms with E-state index in [1.54, 1.807) is 0 Å². The third kappa shape index (κ3) is 3.35. The Labute approximate surface area is 156 Å². The van der Waals surface area contributed by atoms with Gasteiger partial charge in [0.25, 0.3) is 5.91 Å². The molecule has 3 fully saturated rings. The van der Waals surface area contributed by atoms with Crippen LogP contribution in [0.4, 0.5) is 4.79 Å². The van der Waals surface area contributed by atoms with Crippen molar-refractivity contribution in [3.63, 3.8) is 0 Å². The zero-order chi connectivity index (χ0) is 19.3. The molecule has 0 bridgehead atoms. The predicted octanol–water partition coefficient (Wildman–Crippen LogP) is 2.91. The van der Waals surface area contributed by atoms with E-state index in [4.69, 9.17) is 0 Å². The molecular weight excluding hydrogens is 330 g/mol. The van der Waals surface area contributed by atoms with Gasteiger partial charge in [0, 0.05) is 12.1 Å². The van der Waals surface area contributed by atoms with Crippen molar-refractivity contribution in [2.75, 3.05) is 6.54 Å². The van der Waals surface area contributed by atoms with Crippen LogP contribution in [0.1, 0.15) is 73.1 Å². The van der Waals surface area contributed by atoms with Gasteiger partial charge in [-0.15, -0.1) is 0 Å². The molecule has 3 rings (SSSR count). The van der Waals surface area contributed by atoms with Crippen molar-refractivity contribution in [2.24, 2.45) is 11.3 Å². The number of nitrogens with one attached hydrogen (secondary N) is 1. The highest BCUT2D eigenvalue weighted by Crippen LogP contribution is 2.46. The fraction of sp³-hybridized carbons (Fsp3) is 0.850. The summed E-state index contributed by atoms with van der Waals surface area (Å²) in [4.78, 5) is 41.7. The molecule has 4 unspecified atom stereocenters. The molecule has 0 radical (unpaired) electrons. The zero-order valence-corrected chi connectivity index (χ0v) is 16.8. The number of imide groups is 1. The molecule has 1 aliphatic carbocycles. The lowest BCUT2D eigenvalue weighted by molar-refractivity contribution is -0.144. The van der Waals surface area contributed by atoms with Gasteiger partial charge in [-0.25, -0.2) is 4.79 Å². The molecule has 26 heavy (non-hydrogen) atoms. The van der Waals surface area contributed by atoms with Crippen molar-refractivity contribution in [1.82, 2.24) is 15.1 Å². The van der Waals surface area contributed by atoms with E-state index in [0.717, 1.165) is 30.6 Å². The van der Waals surface area contributed by atoms with E-state index in [1.165, 1.54) is 0 Å². The molecule has 6 nitrogen and oxygen atoms in total. The van der Waals surface area contributed by atoms with Gasteiger partial charge in [-0.1, -0.05) is 20.8 Å². The second-order valence-corrected chi connectivity index (χ2v) is 9.69. The minimum Gasteiger partial charge on any atom is -0.336 e. The maximum atomic E-state index is 13.2. The SMILES string of the molecule is CC1CC(C)(C)CC2(C1)NC(=O)N(CC(=O)N1C(C)CCCC1C)C2=O. The maximum absolute atomic E-state index is 13.2. The van der Waals surface area contributed by atoms with E-state index in [0.29, 0.717) is 18.8 Å². The highest BCUT2D eigenvalue weighted by atomic mass is 16.2. The third-order valence-electron chi connectivity index (χ3n) is 6.40. The van der Waals surface area contributed by atoms with Crippen LogP contribution in [0.2, 0.25) is 0 Å². The topological polar surface area (TPSA) is 69.7 Å². The van der Waals surface area contributed by atoms with Crippen LogP contribution in [0.15, 0.2) is 0 Å². The van der Waals surface area contributed by atoms with Gasteiger partial charge in [-0.3, -0.25) is 14.5 Å². The number of piperidine rings is 1. The lowest BCUT2D eigenvalue weighted by Gasteiger charge is -2.44. The van der Waals surface area contributed by atoms with Crippen LogP contribution in [-0.4, -0.2) is 51.8 Å². The number of nitrogens with zero attached hydrogens (tertiary/aromatic N) is 2. The summed E-state index contributed by atoms with van der Waals surface area (Å²) in [5.41, 5.74) is -0.839. The number of hydrogen-bond acceptors (Lipinski definition) is 3. The lowest BCUT2D eigenvalue weighted by atomic mass is 9.64. The zero-order valence-electron chi connectivity index (χ0n) is 16.8. The minimum absolute atomic E-state index is 0.00345. The smallest absolute Gasteiger partial charge is 0.325 e. The molecule has 2 heterocycles. The van der Waals surface area contributed by atoms with E-state index in [1.807, 2.05) is 18.7 Å². The summed E-state index contributed by atoms with van der Waals surface area (Å²) < 4.78 is 0.